The molecule has 28 heavy (non-hydrogen) atoms. The third kappa shape index (κ3) is 6.96. The number of carbonyl (C=O) groups excluding carboxylic acids is 3. The summed E-state index contributed by atoms with van der Waals surface area (Å²) in [5.41, 5.74) is -2.05. The molecule has 162 valence electrons. The van der Waals surface area contributed by atoms with Gasteiger partial charge in [0, 0.05) is 13.0 Å². The fraction of sp³-hybridized carbons (Fsp3) is 0.850. The van der Waals surface area contributed by atoms with Crippen LogP contribution in [0.1, 0.15) is 67.2 Å². The van der Waals surface area contributed by atoms with E-state index >= 15 is 0 Å². The zero-order valence-corrected chi connectivity index (χ0v) is 18.1. The minimum atomic E-state index is -1.35. The normalized spacial score (nSPS) is 22.6. The Kier molecular flexibility index (Phi) is 9.20. The highest BCUT2D eigenvalue weighted by Gasteiger charge is 2.54. The molecule has 8 heteroatoms. The van der Waals surface area contributed by atoms with Gasteiger partial charge in [0.2, 0.25) is 0 Å². The fourth-order valence-corrected chi connectivity index (χ4v) is 3.31. The molecule has 0 aromatic carbocycles. The maximum absolute atomic E-state index is 12.8. The molecule has 1 fully saturated rings. The number of nitrogens with zero attached hydrogens (tertiary/aromatic N) is 1. The molecule has 0 saturated carbocycles. The van der Waals surface area contributed by atoms with Crippen molar-refractivity contribution in [2.75, 3.05) is 26.3 Å². The Hall–Kier alpha value is -1.83. The maximum Gasteiger partial charge on any atom is 0.408 e. The molecule has 2 unspecified atom stereocenters. The number of amides is 1. The molecule has 1 aliphatic rings. The summed E-state index contributed by atoms with van der Waals surface area (Å²) in [7, 11) is 0. The van der Waals surface area contributed by atoms with Gasteiger partial charge < -0.3 is 19.5 Å². The van der Waals surface area contributed by atoms with Crippen molar-refractivity contribution in [3.8, 4) is 0 Å². The second kappa shape index (κ2) is 10.6. The third-order valence-corrected chi connectivity index (χ3v) is 4.47. The zero-order chi connectivity index (χ0) is 21.4. The highest BCUT2D eigenvalue weighted by Crippen LogP contribution is 2.30. The van der Waals surface area contributed by atoms with Crippen LogP contribution in [0, 0.1) is 0 Å². The Morgan fingerprint density at radius 1 is 1.07 bits per heavy atom. The van der Waals surface area contributed by atoms with Gasteiger partial charge in [0.15, 0.2) is 5.54 Å². The molecule has 0 aliphatic carbocycles. The molecule has 1 amide bonds. The summed E-state index contributed by atoms with van der Waals surface area (Å²) in [5.74, 6) is -0.954. The van der Waals surface area contributed by atoms with Crippen LogP contribution in [0.3, 0.4) is 0 Å². The van der Waals surface area contributed by atoms with Crippen LogP contribution >= 0.6 is 0 Å². The fourth-order valence-electron chi connectivity index (χ4n) is 3.31. The lowest BCUT2D eigenvalue weighted by Gasteiger charge is -2.29. The average molecular weight is 401 g/mol. The van der Waals surface area contributed by atoms with Crippen LogP contribution in [0.2, 0.25) is 0 Å². The Morgan fingerprint density at radius 2 is 1.71 bits per heavy atom. The van der Waals surface area contributed by atoms with Gasteiger partial charge in [-0.05, 0) is 47.6 Å². The number of alkyl carbamates (subject to hydrolysis) is 1. The minimum Gasteiger partial charge on any atom is -0.465 e. The first-order chi connectivity index (χ1) is 13.1. The first-order valence-electron chi connectivity index (χ1n) is 10.2. The summed E-state index contributed by atoms with van der Waals surface area (Å²) in [6.45, 7) is 12.0. The highest BCUT2D eigenvalue weighted by molar-refractivity contribution is 5.89. The standard InChI is InChI=1S/C20H36N2O6/c1-7-10-11-12-22-14-20(17(24)27-9-3,13-15(22)16(23)26-8-2)21-18(25)28-19(4,5)6/h15H,7-14H2,1-6H3,(H,21,25). The van der Waals surface area contributed by atoms with Gasteiger partial charge in [-0.3, -0.25) is 9.69 Å². The van der Waals surface area contributed by atoms with Crippen molar-refractivity contribution in [2.24, 2.45) is 0 Å². The molecule has 1 aliphatic heterocycles. The zero-order valence-electron chi connectivity index (χ0n) is 18.1. The Bertz CT molecular complexity index is 545. The van der Waals surface area contributed by atoms with E-state index in [9.17, 15) is 14.4 Å². The number of rotatable bonds is 9. The van der Waals surface area contributed by atoms with Crippen molar-refractivity contribution < 1.29 is 28.6 Å². The number of esters is 2. The number of ether oxygens (including phenoxy) is 3. The van der Waals surface area contributed by atoms with Gasteiger partial charge in [0.1, 0.15) is 11.6 Å². The lowest BCUT2D eigenvalue weighted by molar-refractivity contribution is -0.150. The van der Waals surface area contributed by atoms with Crippen molar-refractivity contribution in [1.82, 2.24) is 10.2 Å². The summed E-state index contributed by atoms with van der Waals surface area (Å²) >= 11 is 0. The molecule has 1 saturated heterocycles. The van der Waals surface area contributed by atoms with E-state index in [2.05, 4.69) is 12.2 Å². The molecule has 8 nitrogen and oxygen atoms in total. The summed E-state index contributed by atoms with van der Waals surface area (Å²) in [5, 5.41) is 2.70. The van der Waals surface area contributed by atoms with Gasteiger partial charge in [0.25, 0.3) is 0 Å². The summed E-state index contributed by atoms with van der Waals surface area (Å²) < 4.78 is 15.8. The van der Waals surface area contributed by atoms with Crippen molar-refractivity contribution in [2.45, 2.75) is 84.4 Å². The first kappa shape index (κ1) is 24.2. The number of carbonyl (C=O) groups is 3. The predicted molar refractivity (Wildman–Crippen MR) is 105 cm³/mol. The minimum absolute atomic E-state index is 0.0933. The summed E-state index contributed by atoms with van der Waals surface area (Å²) in [4.78, 5) is 39.6. The first-order valence-corrected chi connectivity index (χ1v) is 10.2. The smallest absolute Gasteiger partial charge is 0.408 e. The highest BCUT2D eigenvalue weighted by atomic mass is 16.6. The lowest BCUT2D eigenvalue weighted by Crippen LogP contribution is -2.58. The molecule has 0 aromatic heterocycles. The van der Waals surface area contributed by atoms with Crippen molar-refractivity contribution in [3.63, 3.8) is 0 Å². The average Bonchev–Trinajstić information content (AvgIpc) is 2.93. The van der Waals surface area contributed by atoms with Gasteiger partial charge in [0.05, 0.1) is 13.2 Å². The van der Waals surface area contributed by atoms with Gasteiger partial charge in [-0.1, -0.05) is 19.8 Å². The second-order valence-electron chi connectivity index (χ2n) is 8.08. The molecular weight excluding hydrogens is 364 g/mol. The largest absolute Gasteiger partial charge is 0.465 e. The van der Waals surface area contributed by atoms with E-state index < -0.39 is 35.2 Å². The van der Waals surface area contributed by atoms with E-state index in [-0.39, 0.29) is 26.2 Å². The van der Waals surface area contributed by atoms with Gasteiger partial charge in [-0.2, -0.15) is 0 Å². The van der Waals surface area contributed by atoms with E-state index in [1.165, 1.54) is 0 Å². The van der Waals surface area contributed by atoms with Crippen molar-refractivity contribution in [3.05, 3.63) is 0 Å². The van der Waals surface area contributed by atoms with E-state index in [0.717, 1.165) is 19.3 Å². The Labute approximate surface area is 168 Å². The van der Waals surface area contributed by atoms with Crippen molar-refractivity contribution >= 4 is 18.0 Å². The molecule has 0 spiro atoms. The van der Waals surface area contributed by atoms with Crippen LogP contribution in [-0.2, 0) is 23.8 Å². The molecular formula is C20H36N2O6. The monoisotopic (exact) mass is 400 g/mol. The van der Waals surface area contributed by atoms with Gasteiger partial charge in [-0.15, -0.1) is 0 Å². The van der Waals surface area contributed by atoms with E-state index in [1.54, 1.807) is 34.6 Å². The van der Waals surface area contributed by atoms with Crippen molar-refractivity contribution in [1.29, 1.82) is 0 Å². The number of unbranched alkanes of at least 4 members (excludes halogenated alkanes) is 2. The number of nitrogens with one attached hydrogen (secondary N) is 1. The van der Waals surface area contributed by atoms with Crippen LogP contribution in [-0.4, -0.2) is 66.4 Å². The van der Waals surface area contributed by atoms with Crippen LogP contribution in [0.15, 0.2) is 0 Å². The number of likely N-dealkylation sites (tertiary alicyclic amines) is 1. The van der Waals surface area contributed by atoms with Crippen LogP contribution in [0.4, 0.5) is 4.79 Å². The molecule has 2 atom stereocenters. The SMILES string of the molecule is CCCCCN1CC(NC(=O)OC(C)(C)C)(C(=O)OCC)CC1C(=O)OCC. The summed E-state index contributed by atoms with van der Waals surface area (Å²) in [6, 6.07) is -0.615. The molecule has 1 N–H and O–H groups in total. The number of hydrogen-bond donors (Lipinski definition) is 1. The molecule has 1 rings (SSSR count). The van der Waals surface area contributed by atoms with Crippen LogP contribution < -0.4 is 5.32 Å². The Morgan fingerprint density at radius 3 is 2.25 bits per heavy atom. The third-order valence-electron chi connectivity index (χ3n) is 4.47. The maximum atomic E-state index is 12.8. The van der Waals surface area contributed by atoms with Crippen LogP contribution in [0.5, 0.6) is 0 Å². The summed E-state index contributed by atoms with van der Waals surface area (Å²) in [6.07, 6.45) is 2.32. The van der Waals surface area contributed by atoms with Gasteiger partial charge >= 0.3 is 18.0 Å². The molecule has 0 bridgehead atoms. The molecule has 1 heterocycles. The van der Waals surface area contributed by atoms with E-state index in [0.29, 0.717) is 6.54 Å². The predicted octanol–water partition coefficient (Wildman–Crippen LogP) is 2.64. The van der Waals surface area contributed by atoms with Gasteiger partial charge in [-0.25, -0.2) is 9.59 Å². The van der Waals surface area contributed by atoms with E-state index in [1.807, 2.05) is 4.90 Å². The second-order valence-corrected chi connectivity index (χ2v) is 8.08. The van der Waals surface area contributed by atoms with Crippen LogP contribution in [0.25, 0.3) is 0 Å². The molecule has 0 aromatic rings. The Balaban J connectivity index is 3.10. The lowest BCUT2D eigenvalue weighted by atomic mass is 9.96. The van der Waals surface area contributed by atoms with E-state index in [4.69, 9.17) is 14.2 Å². The number of hydrogen-bond acceptors (Lipinski definition) is 7. The quantitative estimate of drug-likeness (QED) is 0.361. The topological polar surface area (TPSA) is 94.2 Å². The molecule has 0 radical (unpaired) electrons.